The molecular formula is C19H14ClF3N4O3. The first-order chi connectivity index (χ1) is 14.2. The Morgan fingerprint density at radius 2 is 1.93 bits per heavy atom. The van der Waals surface area contributed by atoms with Gasteiger partial charge in [0.1, 0.15) is 5.56 Å². The Morgan fingerprint density at radius 1 is 1.23 bits per heavy atom. The highest BCUT2D eigenvalue weighted by atomic mass is 35.5. The van der Waals surface area contributed by atoms with Gasteiger partial charge in [0.15, 0.2) is 6.10 Å². The van der Waals surface area contributed by atoms with Gasteiger partial charge in [-0.15, -0.1) is 0 Å². The first kappa shape index (κ1) is 21.5. The minimum atomic E-state index is -4.91. The number of aromatic nitrogens is 3. The van der Waals surface area contributed by atoms with E-state index in [0.717, 1.165) is 10.7 Å². The summed E-state index contributed by atoms with van der Waals surface area (Å²) in [6.45, 7) is -1.10. The smallest absolute Gasteiger partial charge is 0.382 e. The molecular weight excluding hydrogens is 425 g/mol. The van der Waals surface area contributed by atoms with Gasteiger partial charge < -0.3 is 10.4 Å². The summed E-state index contributed by atoms with van der Waals surface area (Å²) >= 11 is 5.88. The molecule has 0 bridgehead atoms. The number of rotatable bonds is 5. The van der Waals surface area contributed by atoms with Gasteiger partial charge in [-0.25, -0.2) is 0 Å². The van der Waals surface area contributed by atoms with Crippen LogP contribution >= 0.6 is 11.6 Å². The van der Waals surface area contributed by atoms with Crippen molar-refractivity contribution in [1.82, 2.24) is 20.1 Å². The number of pyridine rings is 1. The third-order valence-electron chi connectivity index (χ3n) is 4.02. The third-order valence-corrected chi connectivity index (χ3v) is 4.27. The van der Waals surface area contributed by atoms with E-state index in [1.165, 1.54) is 18.5 Å². The first-order valence-corrected chi connectivity index (χ1v) is 8.88. The van der Waals surface area contributed by atoms with Gasteiger partial charge in [-0.3, -0.25) is 14.6 Å². The van der Waals surface area contributed by atoms with Crippen molar-refractivity contribution in [1.29, 1.82) is 0 Å². The monoisotopic (exact) mass is 438 g/mol. The van der Waals surface area contributed by atoms with E-state index >= 15 is 0 Å². The molecule has 0 radical (unpaired) electrons. The van der Waals surface area contributed by atoms with Crippen LogP contribution in [0, 0.1) is 0 Å². The zero-order valence-corrected chi connectivity index (χ0v) is 15.9. The van der Waals surface area contributed by atoms with Gasteiger partial charge in [0.05, 0.1) is 24.1 Å². The van der Waals surface area contributed by atoms with E-state index in [4.69, 9.17) is 16.7 Å². The Kier molecular flexibility index (Phi) is 6.18. The van der Waals surface area contributed by atoms with Crippen LogP contribution < -0.4 is 10.9 Å². The number of benzene rings is 1. The van der Waals surface area contributed by atoms with Crippen LogP contribution in [-0.2, 0) is 0 Å². The second kappa shape index (κ2) is 8.64. The lowest BCUT2D eigenvalue weighted by Gasteiger charge is -2.15. The standard InChI is InChI=1S/C19H14ClF3N4O3/c20-12-5-3-11(4-6-12)15-8-14(17(29)25-10-16(28)19(21,22)23)18(30)27(26-15)13-2-1-7-24-9-13/h1-9,16,28H,10H2,(H,25,29)/t16-/m1/s1. The maximum absolute atomic E-state index is 12.8. The number of carbonyl (C=O) groups is 1. The predicted octanol–water partition coefficient (Wildman–Crippen LogP) is 2.60. The molecule has 3 rings (SSSR count). The van der Waals surface area contributed by atoms with Gasteiger partial charge >= 0.3 is 6.18 Å². The van der Waals surface area contributed by atoms with Gasteiger partial charge in [-0.2, -0.15) is 23.0 Å². The summed E-state index contributed by atoms with van der Waals surface area (Å²) in [5.74, 6) is -1.08. The molecule has 0 aliphatic rings. The lowest BCUT2D eigenvalue weighted by Crippen LogP contribution is -2.42. The van der Waals surface area contributed by atoms with Crippen LogP contribution in [0.3, 0.4) is 0 Å². The highest BCUT2D eigenvalue weighted by Crippen LogP contribution is 2.21. The van der Waals surface area contributed by atoms with E-state index in [0.29, 0.717) is 10.6 Å². The van der Waals surface area contributed by atoms with Gasteiger partial charge in [0.25, 0.3) is 11.5 Å². The molecule has 3 aromatic rings. The number of aliphatic hydroxyl groups is 1. The zero-order chi connectivity index (χ0) is 21.9. The fourth-order valence-corrected chi connectivity index (χ4v) is 2.60. The lowest BCUT2D eigenvalue weighted by atomic mass is 10.1. The molecule has 30 heavy (non-hydrogen) atoms. The summed E-state index contributed by atoms with van der Waals surface area (Å²) in [6, 6.07) is 10.6. The summed E-state index contributed by atoms with van der Waals surface area (Å²) in [4.78, 5) is 29.1. The summed E-state index contributed by atoms with van der Waals surface area (Å²) in [5, 5.41) is 15.7. The minimum absolute atomic E-state index is 0.205. The normalized spacial score (nSPS) is 12.4. The highest BCUT2D eigenvalue weighted by molar-refractivity contribution is 6.30. The Hall–Kier alpha value is -3.24. The number of hydrogen-bond donors (Lipinski definition) is 2. The number of nitrogens with one attached hydrogen (secondary N) is 1. The van der Waals surface area contributed by atoms with E-state index in [-0.39, 0.29) is 11.4 Å². The van der Waals surface area contributed by atoms with Crippen LogP contribution in [0.25, 0.3) is 16.9 Å². The van der Waals surface area contributed by atoms with E-state index in [9.17, 15) is 22.8 Å². The summed E-state index contributed by atoms with van der Waals surface area (Å²) < 4.78 is 38.4. The number of halogens is 4. The zero-order valence-electron chi connectivity index (χ0n) is 15.1. The van der Waals surface area contributed by atoms with Crippen LogP contribution in [0.2, 0.25) is 5.02 Å². The van der Waals surface area contributed by atoms with Crippen molar-refractivity contribution in [3.63, 3.8) is 0 Å². The SMILES string of the molecule is O=C(NC[C@@H](O)C(F)(F)F)c1cc(-c2ccc(Cl)cc2)nn(-c2cccnc2)c1=O. The number of amides is 1. The second-order valence-corrected chi connectivity index (χ2v) is 6.58. The minimum Gasteiger partial charge on any atom is -0.382 e. The summed E-state index contributed by atoms with van der Waals surface area (Å²) in [7, 11) is 0. The Labute approximate surface area is 172 Å². The van der Waals surface area contributed by atoms with Crippen molar-refractivity contribution in [2.45, 2.75) is 12.3 Å². The average molecular weight is 439 g/mol. The highest BCUT2D eigenvalue weighted by Gasteiger charge is 2.38. The molecule has 11 heteroatoms. The van der Waals surface area contributed by atoms with Crippen LogP contribution in [0.4, 0.5) is 13.2 Å². The van der Waals surface area contributed by atoms with Gasteiger partial charge in [0.2, 0.25) is 0 Å². The number of aliphatic hydroxyl groups excluding tert-OH is 1. The van der Waals surface area contributed by atoms with E-state index in [1.807, 2.05) is 5.32 Å². The van der Waals surface area contributed by atoms with Crippen molar-refractivity contribution in [2.24, 2.45) is 0 Å². The molecule has 2 aromatic heterocycles. The van der Waals surface area contributed by atoms with Crippen molar-refractivity contribution in [3.05, 3.63) is 75.8 Å². The number of alkyl halides is 3. The predicted molar refractivity (Wildman–Crippen MR) is 102 cm³/mol. The molecule has 2 N–H and O–H groups in total. The van der Waals surface area contributed by atoms with Crippen LogP contribution in [0.1, 0.15) is 10.4 Å². The van der Waals surface area contributed by atoms with Crippen LogP contribution in [0.5, 0.6) is 0 Å². The molecule has 0 aliphatic carbocycles. The molecule has 0 spiro atoms. The molecule has 0 saturated carbocycles. The first-order valence-electron chi connectivity index (χ1n) is 8.50. The van der Waals surface area contributed by atoms with Crippen molar-refractivity contribution in [3.8, 4) is 16.9 Å². The molecule has 1 amide bonds. The van der Waals surface area contributed by atoms with E-state index in [1.54, 1.807) is 30.3 Å². The maximum Gasteiger partial charge on any atom is 0.416 e. The number of carbonyl (C=O) groups excluding carboxylic acids is 1. The molecule has 0 saturated heterocycles. The lowest BCUT2D eigenvalue weighted by molar-refractivity contribution is -0.201. The quantitative estimate of drug-likeness (QED) is 0.638. The van der Waals surface area contributed by atoms with Crippen LogP contribution in [0.15, 0.2) is 59.7 Å². The topological polar surface area (TPSA) is 97.1 Å². The molecule has 0 aliphatic heterocycles. The molecule has 1 atom stereocenters. The molecule has 156 valence electrons. The Balaban J connectivity index is 2.05. The molecule has 0 fully saturated rings. The molecule has 1 aromatic carbocycles. The van der Waals surface area contributed by atoms with Crippen molar-refractivity contribution >= 4 is 17.5 Å². The summed E-state index contributed by atoms with van der Waals surface area (Å²) in [5.41, 5.74) is -0.339. The maximum atomic E-state index is 12.8. The Bertz CT molecular complexity index is 1100. The molecule has 0 unspecified atom stereocenters. The number of hydrogen-bond acceptors (Lipinski definition) is 5. The average Bonchev–Trinajstić information content (AvgIpc) is 2.72. The van der Waals surface area contributed by atoms with Crippen molar-refractivity contribution in [2.75, 3.05) is 6.54 Å². The van der Waals surface area contributed by atoms with E-state index < -0.39 is 35.9 Å². The van der Waals surface area contributed by atoms with Gasteiger partial charge in [-0.1, -0.05) is 23.7 Å². The fraction of sp³-hybridized carbons (Fsp3) is 0.158. The third kappa shape index (κ3) is 4.84. The van der Waals surface area contributed by atoms with Crippen LogP contribution in [-0.4, -0.2) is 44.6 Å². The Morgan fingerprint density at radius 3 is 2.53 bits per heavy atom. The van der Waals surface area contributed by atoms with Gasteiger partial charge in [-0.05, 0) is 30.3 Å². The second-order valence-electron chi connectivity index (χ2n) is 6.15. The summed E-state index contributed by atoms with van der Waals surface area (Å²) in [6.07, 6.45) is -4.85. The number of nitrogens with zero attached hydrogens (tertiary/aromatic N) is 3. The molecule has 7 nitrogen and oxygen atoms in total. The molecule has 2 heterocycles. The largest absolute Gasteiger partial charge is 0.416 e. The fourth-order valence-electron chi connectivity index (χ4n) is 2.47. The van der Waals surface area contributed by atoms with E-state index in [2.05, 4.69) is 10.1 Å². The van der Waals surface area contributed by atoms with Crippen molar-refractivity contribution < 1.29 is 23.1 Å². The van der Waals surface area contributed by atoms with Gasteiger partial charge in [0, 0.05) is 16.8 Å².